The first-order valence-electron chi connectivity index (χ1n) is 9.17. The summed E-state index contributed by atoms with van der Waals surface area (Å²) in [6, 6.07) is -1.40. The lowest BCUT2D eigenvalue weighted by Crippen LogP contribution is -2.64. The first-order chi connectivity index (χ1) is 14.8. The number of aliphatic hydroxyl groups excluding tert-OH is 4. The lowest BCUT2D eigenvalue weighted by atomic mass is 9.96. The number of benzene rings is 1. The van der Waals surface area contributed by atoms with Gasteiger partial charge >= 0.3 is 0 Å². The van der Waals surface area contributed by atoms with Crippen LogP contribution in [0.4, 0.5) is 11.4 Å². The molecule has 0 aromatic heterocycles. The number of amides is 3. The molecule has 1 aliphatic heterocycles. The Labute approximate surface area is 224 Å². The van der Waals surface area contributed by atoms with Crippen LogP contribution in [0.25, 0.3) is 0 Å². The summed E-state index contributed by atoms with van der Waals surface area (Å²) < 4.78 is 6.40. The number of anilines is 2. The Bertz CT molecular complexity index is 931. The zero-order valence-electron chi connectivity index (χ0n) is 17.1. The minimum Gasteiger partial charge on any atom is -0.394 e. The summed E-state index contributed by atoms with van der Waals surface area (Å²) >= 11 is 5.78. The average molecular weight is 789 g/mol. The van der Waals surface area contributed by atoms with Crippen LogP contribution in [0.5, 0.6) is 0 Å². The van der Waals surface area contributed by atoms with Crippen molar-refractivity contribution in [1.82, 2.24) is 5.32 Å². The molecule has 0 saturated carbocycles. The van der Waals surface area contributed by atoms with E-state index in [1.807, 2.05) is 67.8 Å². The third kappa shape index (κ3) is 5.63. The fourth-order valence-corrected chi connectivity index (χ4v) is 7.71. The summed E-state index contributed by atoms with van der Waals surface area (Å²) in [6.07, 6.45) is -6.07. The molecule has 14 heteroatoms. The molecule has 32 heavy (non-hydrogen) atoms. The normalized spacial score (nSPS) is 25.2. The maximum absolute atomic E-state index is 13.2. The molecule has 0 bridgehead atoms. The van der Waals surface area contributed by atoms with E-state index >= 15 is 0 Å². The van der Waals surface area contributed by atoms with Crippen molar-refractivity contribution < 1.29 is 39.5 Å². The van der Waals surface area contributed by atoms with E-state index in [9.17, 15) is 34.8 Å². The van der Waals surface area contributed by atoms with E-state index in [0.717, 1.165) is 0 Å². The second-order valence-electron chi connectivity index (χ2n) is 7.03. The summed E-state index contributed by atoms with van der Waals surface area (Å²) in [7, 11) is 1.53. The molecule has 178 valence electrons. The highest BCUT2D eigenvalue weighted by Crippen LogP contribution is 2.40. The van der Waals surface area contributed by atoms with E-state index in [1.54, 1.807) is 0 Å². The van der Waals surface area contributed by atoms with Gasteiger partial charge in [0, 0.05) is 20.9 Å². The fraction of sp³-hybridized carbons (Fsp3) is 0.500. The number of rotatable bonds is 5. The van der Waals surface area contributed by atoms with Crippen molar-refractivity contribution in [1.29, 1.82) is 0 Å². The summed E-state index contributed by atoms with van der Waals surface area (Å²) in [5.74, 6) is -1.41. The molecule has 6 N–H and O–H groups in total. The van der Waals surface area contributed by atoms with Crippen molar-refractivity contribution in [2.24, 2.45) is 0 Å². The Morgan fingerprint density at radius 2 is 1.62 bits per heavy atom. The van der Waals surface area contributed by atoms with Gasteiger partial charge in [0.1, 0.15) is 24.4 Å². The molecule has 0 aliphatic carbocycles. The maximum Gasteiger partial charge on any atom is 0.254 e. The van der Waals surface area contributed by atoms with Crippen LogP contribution in [-0.4, -0.2) is 82.4 Å². The van der Waals surface area contributed by atoms with E-state index in [2.05, 4.69) is 10.6 Å². The molecular formula is C18H22I3N3O8. The minimum atomic E-state index is -1.69. The number of hydrogen-bond donors (Lipinski definition) is 6. The average Bonchev–Trinajstić information content (AvgIpc) is 2.70. The van der Waals surface area contributed by atoms with E-state index in [0.29, 0.717) is 22.1 Å². The van der Waals surface area contributed by atoms with Gasteiger partial charge in [0.15, 0.2) is 6.29 Å². The quantitative estimate of drug-likeness (QED) is 0.227. The number of carbonyl (C=O) groups excluding carboxylic acids is 3. The largest absolute Gasteiger partial charge is 0.394 e. The van der Waals surface area contributed by atoms with Crippen LogP contribution in [0.15, 0.2) is 0 Å². The molecule has 1 heterocycles. The number of nitrogens with zero attached hydrogens (tertiary/aromatic N) is 1. The highest BCUT2D eigenvalue weighted by molar-refractivity contribution is 14.1. The zero-order valence-corrected chi connectivity index (χ0v) is 23.6. The van der Waals surface area contributed by atoms with Gasteiger partial charge in [0.2, 0.25) is 11.8 Å². The molecule has 0 radical (unpaired) electrons. The topological polar surface area (TPSA) is 169 Å². The van der Waals surface area contributed by atoms with Crippen molar-refractivity contribution in [2.75, 3.05) is 23.9 Å². The monoisotopic (exact) mass is 789 g/mol. The smallest absolute Gasteiger partial charge is 0.254 e. The molecule has 0 unspecified atom stereocenters. The van der Waals surface area contributed by atoms with Crippen LogP contribution < -0.4 is 15.5 Å². The van der Waals surface area contributed by atoms with Gasteiger partial charge in [0.25, 0.3) is 5.91 Å². The van der Waals surface area contributed by atoms with Crippen LogP contribution >= 0.6 is 67.8 Å². The molecule has 3 amide bonds. The van der Waals surface area contributed by atoms with E-state index < -0.39 is 43.2 Å². The highest BCUT2D eigenvalue weighted by Gasteiger charge is 2.44. The van der Waals surface area contributed by atoms with Gasteiger partial charge < -0.3 is 40.7 Å². The summed E-state index contributed by atoms with van der Waals surface area (Å²) in [5.41, 5.74) is 0.819. The molecule has 1 saturated heterocycles. The number of hydrogen-bond acceptors (Lipinski definition) is 8. The van der Waals surface area contributed by atoms with Crippen molar-refractivity contribution in [2.45, 2.75) is 44.5 Å². The molecule has 0 spiro atoms. The summed E-state index contributed by atoms with van der Waals surface area (Å²) in [4.78, 5) is 38.4. The van der Waals surface area contributed by atoms with Crippen LogP contribution in [0.1, 0.15) is 24.2 Å². The maximum atomic E-state index is 13.2. The van der Waals surface area contributed by atoms with Crippen LogP contribution in [0, 0.1) is 10.7 Å². The molecule has 5 atom stereocenters. The molecule has 1 aromatic rings. The zero-order chi connectivity index (χ0) is 24.5. The lowest BCUT2D eigenvalue weighted by Gasteiger charge is -2.40. The predicted molar refractivity (Wildman–Crippen MR) is 139 cm³/mol. The second-order valence-corrected chi connectivity index (χ2v) is 10.3. The number of halogens is 3. The minimum absolute atomic E-state index is 0.0941. The van der Waals surface area contributed by atoms with Gasteiger partial charge in [-0.05, 0) is 67.8 Å². The highest BCUT2D eigenvalue weighted by atomic mass is 127. The molecule has 11 nitrogen and oxygen atoms in total. The summed E-state index contributed by atoms with van der Waals surface area (Å²) in [6.45, 7) is 2.03. The third-order valence-corrected chi connectivity index (χ3v) is 8.01. The Morgan fingerprint density at radius 3 is 2.12 bits per heavy atom. The Kier molecular flexibility index (Phi) is 9.89. The fourth-order valence-electron chi connectivity index (χ4n) is 3.06. The number of nitrogens with one attached hydrogen (secondary N) is 2. The standard InChI is InChI=1S/C18H22I3N3O8/c1-5(26)22-12-9(19)8(10(20)14(11(12)21)24(3)6(2)27)17(30)23-13-16(29)15(28)7(4-25)32-18(13)31/h7,13,15-16,18,25,28-29,31H,4H2,1-3H3,(H,22,26)(H,23,30)/t7-,13+,15+,16+,18-/m0/s1. The van der Waals surface area contributed by atoms with Crippen LogP contribution in [-0.2, 0) is 14.3 Å². The third-order valence-electron chi connectivity index (χ3n) is 4.83. The lowest BCUT2D eigenvalue weighted by molar-refractivity contribution is -0.252. The van der Waals surface area contributed by atoms with Crippen LogP contribution in [0.3, 0.4) is 0 Å². The number of aliphatic hydroxyl groups is 4. The molecular weight excluding hydrogens is 767 g/mol. The first kappa shape index (κ1) is 27.9. The van der Waals surface area contributed by atoms with Gasteiger partial charge in [0.05, 0.1) is 34.3 Å². The van der Waals surface area contributed by atoms with Gasteiger partial charge in [-0.2, -0.15) is 0 Å². The Balaban J connectivity index is 2.56. The molecule has 2 rings (SSSR count). The van der Waals surface area contributed by atoms with Crippen molar-refractivity contribution in [3.63, 3.8) is 0 Å². The first-order valence-corrected chi connectivity index (χ1v) is 12.4. The molecule has 1 aliphatic rings. The van der Waals surface area contributed by atoms with Gasteiger partial charge in [-0.25, -0.2) is 0 Å². The van der Waals surface area contributed by atoms with Crippen molar-refractivity contribution >= 4 is 96.9 Å². The van der Waals surface area contributed by atoms with Gasteiger partial charge in [-0.3, -0.25) is 14.4 Å². The Hall–Kier alpha value is -0.380. The predicted octanol–water partition coefficient (Wildman–Crippen LogP) is -0.0288. The number of carbonyl (C=O) groups is 3. The van der Waals surface area contributed by atoms with Crippen molar-refractivity contribution in [3.8, 4) is 0 Å². The summed E-state index contributed by atoms with van der Waals surface area (Å²) in [5, 5.41) is 45.0. The van der Waals surface area contributed by atoms with E-state index in [-0.39, 0.29) is 17.4 Å². The SMILES string of the molecule is CC(=O)Nc1c(I)c(C(=O)N[C@@H]2[C@@H](O)[C@H](O)[C@H](CO)O[C@@H]2O)c(I)c(N(C)C(C)=O)c1I. The van der Waals surface area contributed by atoms with E-state index in [1.165, 1.54) is 25.8 Å². The number of ether oxygens (including phenoxy) is 1. The van der Waals surface area contributed by atoms with Gasteiger partial charge in [-0.15, -0.1) is 0 Å². The van der Waals surface area contributed by atoms with E-state index in [4.69, 9.17) is 4.74 Å². The molecule has 1 aromatic carbocycles. The van der Waals surface area contributed by atoms with Gasteiger partial charge in [-0.1, -0.05) is 0 Å². The second kappa shape index (κ2) is 11.4. The van der Waals surface area contributed by atoms with Crippen molar-refractivity contribution in [3.05, 3.63) is 16.3 Å². The Morgan fingerprint density at radius 1 is 1.03 bits per heavy atom. The molecule has 1 fully saturated rings. The van der Waals surface area contributed by atoms with Crippen LogP contribution in [0.2, 0.25) is 0 Å².